The number of rotatable bonds is 1. The van der Waals surface area contributed by atoms with Gasteiger partial charge in [0.15, 0.2) is 5.78 Å². The highest BCUT2D eigenvalue weighted by Crippen LogP contribution is 2.33. The smallest absolute Gasteiger partial charge is 0.176 e. The summed E-state index contributed by atoms with van der Waals surface area (Å²) in [6.07, 6.45) is 0. The molecule has 0 atom stereocenters. The number of aryl methyl sites for hydroxylation is 1. The van der Waals surface area contributed by atoms with Gasteiger partial charge in [-0.05, 0) is 18.2 Å². The van der Waals surface area contributed by atoms with Crippen LogP contribution in [-0.4, -0.2) is 15.5 Å². The molecule has 0 aliphatic carbocycles. The molecule has 1 heterocycles. The molecule has 2 rings (SSSR count). The molecule has 0 bridgehead atoms. The lowest BCUT2D eigenvalue weighted by atomic mass is 10.2. The first-order valence-corrected chi connectivity index (χ1v) is 4.88. The van der Waals surface area contributed by atoms with Crippen LogP contribution in [0.15, 0.2) is 18.2 Å². The van der Waals surface area contributed by atoms with Gasteiger partial charge in [0, 0.05) is 19.4 Å². The summed E-state index contributed by atoms with van der Waals surface area (Å²) >= 11 is 5.94. The number of aromatic hydroxyl groups is 1. The van der Waals surface area contributed by atoms with Crippen LogP contribution in [0.5, 0.6) is 5.75 Å². The predicted molar refractivity (Wildman–Crippen MR) is 59.6 cm³/mol. The number of ketones is 1. The van der Waals surface area contributed by atoms with Crippen molar-refractivity contribution >= 4 is 28.3 Å². The molecule has 0 amide bonds. The van der Waals surface area contributed by atoms with E-state index < -0.39 is 0 Å². The molecular weight excluding hydrogens is 214 g/mol. The van der Waals surface area contributed by atoms with Crippen molar-refractivity contribution in [3.8, 4) is 5.75 Å². The van der Waals surface area contributed by atoms with Crippen molar-refractivity contribution in [3.05, 3.63) is 28.9 Å². The third-order valence-electron chi connectivity index (χ3n) is 2.50. The minimum absolute atomic E-state index is 0.0238. The van der Waals surface area contributed by atoms with E-state index >= 15 is 0 Å². The van der Waals surface area contributed by atoms with Crippen LogP contribution in [0.2, 0.25) is 5.02 Å². The highest BCUT2D eigenvalue weighted by Gasteiger charge is 2.13. The van der Waals surface area contributed by atoms with Crippen LogP contribution in [0.1, 0.15) is 17.4 Å². The SMILES string of the molecule is CC(=O)c1cc2c(Cl)c(O)ccc2n1C. The molecule has 0 aliphatic heterocycles. The molecule has 0 unspecified atom stereocenters. The van der Waals surface area contributed by atoms with Gasteiger partial charge in [0.1, 0.15) is 5.75 Å². The highest BCUT2D eigenvalue weighted by atomic mass is 35.5. The second-order valence-corrected chi connectivity index (χ2v) is 3.85. The molecule has 4 heteroatoms. The van der Waals surface area contributed by atoms with Gasteiger partial charge in [-0.2, -0.15) is 0 Å². The fourth-order valence-corrected chi connectivity index (χ4v) is 1.92. The minimum Gasteiger partial charge on any atom is -0.506 e. The van der Waals surface area contributed by atoms with Crippen LogP contribution in [-0.2, 0) is 7.05 Å². The summed E-state index contributed by atoms with van der Waals surface area (Å²) in [7, 11) is 1.80. The monoisotopic (exact) mass is 223 g/mol. The van der Waals surface area contributed by atoms with Crippen molar-refractivity contribution in [2.24, 2.45) is 7.05 Å². The molecule has 0 radical (unpaired) electrons. The fraction of sp³-hybridized carbons (Fsp3) is 0.182. The Morgan fingerprint density at radius 1 is 1.47 bits per heavy atom. The Morgan fingerprint density at radius 3 is 2.73 bits per heavy atom. The number of Topliss-reactive ketones (excluding diaryl/α,β-unsaturated/α-hetero) is 1. The number of nitrogens with zero attached hydrogens (tertiary/aromatic N) is 1. The number of phenols is 1. The zero-order valence-electron chi connectivity index (χ0n) is 8.41. The predicted octanol–water partition coefficient (Wildman–Crippen LogP) is 2.74. The van der Waals surface area contributed by atoms with E-state index in [0.717, 1.165) is 5.52 Å². The lowest BCUT2D eigenvalue weighted by Gasteiger charge is -2.01. The average Bonchev–Trinajstić information content (AvgIpc) is 2.51. The van der Waals surface area contributed by atoms with Gasteiger partial charge >= 0.3 is 0 Å². The molecule has 2 aromatic rings. The lowest BCUT2D eigenvalue weighted by molar-refractivity contribution is 0.101. The van der Waals surface area contributed by atoms with Crippen LogP contribution in [0.3, 0.4) is 0 Å². The third kappa shape index (κ3) is 1.39. The number of hydrogen-bond acceptors (Lipinski definition) is 2. The number of phenolic OH excluding ortho intramolecular Hbond substituents is 1. The number of hydrogen-bond donors (Lipinski definition) is 1. The zero-order valence-corrected chi connectivity index (χ0v) is 9.17. The zero-order chi connectivity index (χ0) is 11.2. The topological polar surface area (TPSA) is 42.2 Å². The molecule has 78 valence electrons. The number of carbonyl (C=O) groups excluding carboxylic acids is 1. The maximum atomic E-state index is 11.3. The number of benzene rings is 1. The first kappa shape index (κ1) is 10.1. The molecule has 0 aliphatic rings. The summed E-state index contributed by atoms with van der Waals surface area (Å²) < 4.78 is 1.77. The van der Waals surface area contributed by atoms with Crippen molar-refractivity contribution in [1.82, 2.24) is 4.57 Å². The Balaban J connectivity index is 2.88. The fourth-order valence-electron chi connectivity index (χ4n) is 1.70. The largest absolute Gasteiger partial charge is 0.506 e. The van der Waals surface area contributed by atoms with Crippen LogP contribution in [0.25, 0.3) is 10.9 Å². The van der Waals surface area contributed by atoms with E-state index in [0.29, 0.717) is 11.1 Å². The van der Waals surface area contributed by atoms with E-state index in [1.54, 1.807) is 23.7 Å². The van der Waals surface area contributed by atoms with E-state index in [1.807, 2.05) is 0 Å². The van der Waals surface area contributed by atoms with Crippen molar-refractivity contribution < 1.29 is 9.90 Å². The summed E-state index contributed by atoms with van der Waals surface area (Å²) in [5, 5.41) is 10.4. The minimum atomic E-state index is -0.0238. The van der Waals surface area contributed by atoms with Gasteiger partial charge in [-0.25, -0.2) is 0 Å². The van der Waals surface area contributed by atoms with E-state index in [9.17, 15) is 9.90 Å². The van der Waals surface area contributed by atoms with Gasteiger partial charge < -0.3 is 9.67 Å². The van der Waals surface area contributed by atoms with Crippen molar-refractivity contribution in [1.29, 1.82) is 0 Å². The van der Waals surface area contributed by atoms with Crippen LogP contribution in [0.4, 0.5) is 0 Å². The Labute approximate surface area is 91.9 Å². The number of carbonyl (C=O) groups is 1. The summed E-state index contributed by atoms with van der Waals surface area (Å²) in [6, 6.07) is 4.96. The van der Waals surface area contributed by atoms with E-state index in [2.05, 4.69) is 0 Å². The molecule has 1 aromatic heterocycles. The number of fused-ring (bicyclic) bond motifs is 1. The van der Waals surface area contributed by atoms with E-state index in [4.69, 9.17) is 11.6 Å². The van der Waals surface area contributed by atoms with Crippen molar-refractivity contribution in [2.75, 3.05) is 0 Å². The molecule has 15 heavy (non-hydrogen) atoms. The molecule has 0 saturated heterocycles. The van der Waals surface area contributed by atoms with Gasteiger partial charge in [0.25, 0.3) is 0 Å². The Hall–Kier alpha value is -1.48. The van der Waals surface area contributed by atoms with Gasteiger partial charge in [0.2, 0.25) is 0 Å². The molecular formula is C11H10ClNO2. The quantitative estimate of drug-likeness (QED) is 0.756. The van der Waals surface area contributed by atoms with Gasteiger partial charge in [-0.1, -0.05) is 11.6 Å². The molecule has 1 aromatic carbocycles. The standard InChI is InChI=1S/C11H10ClNO2/c1-6(14)9-5-7-8(13(9)2)3-4-10(15)11(7)12/h3-5,15H,1-2H3. The molecule has 0 saturated carbocycles. The highest BCUT2D eigenvalue weighted by molar-refractivity contribution is 6.37. The molecule has 0 spiro atoms. The van der Waals surface area contributed by atoms with Crippen LogP contribution >= 0.6 is 11.6 Å². The second-order valence-electron chi connectivity index (χ2n) is 3.48. The number of aromatic nitrogens is 1. The average molecular weight is 224 g/mol. The Kier molecular flexibility index (Phi) is 2.20. The summed E-state index contributed by atoms with van der Waals surface area (Å²) in [6.45, 7) is 1.50. The second kappa shape index (κ2) is 3.28. The summed E-state index contributed by atoms with van der Waals surface area (Å²) in [5.41, 5.74) is 1.42. The maximum Gasteiger partial charge on any atom is 0.176 e. The van der Waals surface area contributed by atoms with Crippen LogP contribution in [0, 0.1) is 0 Å². The van der Waals surface area contributed by atoms with Gasteiger partial charge in [-0.3, -0.25) is 4.79 Å². The van der Waals surface area contributed by atoms with E-state index in [-0.39, 0.29) is 16.6 Å². The molecule has 1 N–H and O–H groups in total. The molecule has 3 nitrogen and oxygen atoms in total. The third-order valence-corrected chi connectivity index (χ3v) is 2.90. The van der Waals surface area contributed by atoms with Crippen molar-refractivity contribution in [2.45, 2.75) is 6.92 Å². The first-order valence-electron chi connectivity index (χ1n) is 4.50. The first-order chi connectivity index (χ1) is 7.02. The van der Waals surface area contributed by atoms with Crippen molar-refractivity contribution in [3.63, 3.8) is 0 Å². The van der Waals surface area contributed by atoms with E-state index in [1.165, 1.54) is 13.0 Å². The number of halogens is 1. The Morgan fingerprint density at radius 2 is 2.13 bits per heavy atom. The normalized spacial score (nSPS) is 10.9. The summed E-state index contributed by atoms with van der Waals surface area (Å²) in [5.74, 6) is 0.00845. The Bertz CT molecular complexity index is 557. The summed E-state index contributed by atoms with van der Waals surface area (Å²) in [4.78, 5) is 11.3. The molecule has 0 fully saturated rings. The van der Waals surface area contributed by atoms with Gasteiger partial charge in [0.05, 0.1) is 16.2 Å². The van der Waals surface area contributed by atoms with Crippen LogP contribution < -0.4 is 0 Å². The maximum absolute atomic E-state index is 11.3. The lowest BCUT2D eigenvalue weighted by Crippen LogP contribution is -2.00. The van der Waals surface area contributed by atoms with Gasteiger partial charge in [-0.15, -0.1) is 0 Å².